The summed E-state index contributed by atoms with van der Waals surface area (Å²) in [6.45, 7) is 1.73. The maximum absolute atomic E-state index is 12.0. The minimum atomic E-state index is -0.178. The highest BCUT2D eigenvalue weighted by Gasteiger charge is 2.05. The fourth-order valence-corrected chi connectivity index (χ4v) is 2.69. The summed E-state index contributed by atoms with van der Waals surface area (Å²) in [5.74, 6) is 0. The molecule has 2 amide bonds. The van der Waals surface area contributed by atoms with Crippen LogP contribution in [0, 0.1) is 0 Å². The van der Waals surface area contributed by atoms with Gasteiger partial charge in [-0.05, 0) is 35.4 Å². The molecule has 2 aromatic carbocycles. The Morgan fingerprint density at radius 3 is 2.32 bits per heavy atom. The average molecular weight is 354 g/mol. The first-order chi connectivity index (χ1) is 12.2. The van der Waals surface area contributed by atoms with E-state index in [2.05, 4.69) is 15.2 Å². The Morgan fingerprint density at radius 2 is 1.56 bits per heavy atom. The van der Waals surface area contributed by atoms with Gasteiger partial charge in [-0.25, -0.2) is 4.79 Å². The second kappa shape index (κ2) is 8.40. The van der Waals surface area contributed by atoms with Gasteiger partial charge in [0.15, 0.2) is 0 Å². The Balaban J connectivity index is 1.51. The van der Waals surface area contributed by atoms with Gasteiger partial charge in [-0.3, -0.25) is 0 Å². The Hall–Kier alpha value is -2.72. The highest BCUT2D eigenvalue weighted by Crippen LogP contribution is 2.12. The third-order valence-electron chi connectivity index (χ3n) is 3.92. The lowest BCUT2D eigenvalue weighted by molar-refractivity contribution is 0.240. The Kier molecular flexibility index (Phi) is 5.75. The van der Waals surface area contributed by atoms with Crippen molar-refractivity contribution in [1.82, 2.24) is 15.2 Å². The van der Waals surface area contributed by atoms with Gasteiger partial charge in [0.05, 0.1) is 6.54 Å². The zero-order chi connectivity index (χ0) is 17.5. The number of rotatable bonds is 6. The Morgan fingerprint density at radius 1 is 0.840 bits per heavy atom. The number of benzene rings is 2. The number of hydrogen-bond donors (Lipinski definition) is 2. The molecule has 1 aromatic heterocycles. The maximum Gasteiger partial charge on any atom is 0.315 e. The van der Waals surface area contributed by atoms with E-state index in [1.54, 1.807) is 0 Å². The van der Waals surface area contributed by atoms with Crippen LogP contribution in [0.2, 0.25) is 5.02 Å². The molecule has 0 saturated heterocycles. The standard InChI is InChI=1S/C20H20ClN3O/c21-18-10-8-17(9-11-18)15-24-12-4-7-19(24)14-23-20(25)22-13-16-5-2-1-3-6-16/h1-12H,13-15H2,(H2,22,23,25). The summed E-state index contributed by atoms with van der Waals surface area (Å²) >= 11 is 5.92. The molecule has 0 aliphatic carbocycles. The van der Waals surface area contributed by atoms with Crippen LogP contribution in [0.1, 0.15) is 16.8 Å². The van der Waals surface area contributed by atoms with Gasteiger partial charge in [0, 0.05) is 30.0 Å². The number of carbonyl (C=O) groups excluding carboxylic acids is 1. The zero-order valence-corrected chi connectivity index (χ0v) is 14.5. The van der Waals surface area contributed by atoms with E-state index in [9.17, 15) is 4.79 Å². The number of amides is 2. The van der Waals surface area contributed by atoms with Gasteiger partial charge < -0.3 is 15.2 Å². The second-order valence-electron chi connectivity index (χ2n) is 5.78. The first kappa shape index (κ1) is 17.1. The molecule has 0 atom stereocenters. The molecule has 3 rings (SSSR count). The van der Waals surface area contributed by atoms with E-state index in [0.717, 1.165) is 28.4 Å². The van der Waals surface area contributed by atoms with Crippen molar-refractivity contribution in [2.75, 3.05) is 0 Å². The first-order valence-electron chi connectivity index (χ1n) is 8.15. The molecule has 25 heavy (non-hydrogen) atoms. The molecule has 4 nitrogen and oxygen atoms in total. The van der Waals surface area contributed by atoms with Crippen molar-refractivity contribution in [3.63, 3.8) is 0 Å². The van der Waals surface area contributed by atoms with Gasteiger partial charge in [-0.1, -0.05) is 54.1 Å². The second-order valence-corrected chi connectivity index (χ2v) is 6.21. The van der Waals surface area contributed by atoms with E-state index in [1.807, 2.05) is 72.9 Å². The summed E-state index contributed by atoms with van der Waals surface area (Å²) in [6.07, 6.45) is 2.01. The van der Waals surface area contributed by atoms with E-state index in [0.29, 0.717) is 13.1 Å². The van der Waals surface area contributed by atoms with Gasteiger partial charge in [0.25, 0.3) is 0 Å². The summed E-state index contributed by atoms with van der Waals surface area (Å²) in [6, 6.07) is 21.4. The molecular weight excluding hydrogens is 334 g/mol. The Bertz CT molecular complexity index is 812. The lowest BCUT2D eigenvalue weighted by Gasteiger charge is -2.11. The lowest BCUT2D eigenvalue weighted by Crippen LogP contribution is -2.35. The number of nitrogens with zero attached hydrogens (tertiary/aromatic N) is 1. The molecule has 3 aromatic rings. The predicted octanol–water partition coefficient (Wildman–Crippen LogP) is 4.19. The van der Waals surface area contributed by atoms with Gasteiger partial charge in [-0.2, -0.15) is 0 Å². The van der Waals surface area contributed by atoms with Crippen LogP contribution >= 0.6 is 11.6 Å². The molecule has 2 N–H and O–H groups in total. The largest absolute Gasteiger partial charge is 0.345 e. The molecule has 0 radical (unpaired) electrons. The third kappa shape index (κ3) is 5.13. The van der Waals surface area contributed by atoms with Gasteiger partial charge in [0.2, 0.25) is 0 Å². The van der Waals surface area contributed by atoms with Crippen LogP contribution in [0.15, 0.2) is 72.9 Å². The monoisotopic (exact) mass is 353 g/mol. The molecule has 0 saturated carbocycles. The SMILES string of the molecule is O=C(NCc1ccccc1)NCc1cccn1Cc1ccc(Cl)cc1. The maximum atomic E-state index is 12.0. The van der Waals surface area contributed by atoms with E-state index >= 15 is 0 Å². The summed E-state index contributed by atoms with van der Waals surface area (Å²) in [4.78, 5) is 12.0. The van der Waals surface area contributed by atoms with Crippen molar-refractivity contribution < 1.29 is 4.79 Å². The van der Waals surface area contributed by atoms with Gasteiger partial charge >= 0.3 is 6.03 Å². The number of hydrogen-bond acceptors (Lipinski definition) is 1. The van der Waals surface area contributed by atoms with Crippen molar-refractivity contribution in [2.45, 2.75) is 19.6 Å². The molecule has 1 heterocycles. The quantitative estimate of drug-likeness (QED) is 0.685. The summed E-state index contributed by atoms with van der Waals surface area (Å²) < 4.78 is 2.11. The Labute approximate surface area is 152 Å². The molecule has 0 bridgehead atoms. The van der Waals surface area contributed by atoms with Crippen LogP contribution in [0.5, 0.6) is 0 Å². The van der Waals surface area contributed by atoms with Crippen LogP contribution in [-0.4, -0.2) is 10.6 Å². The van der Waals surface area contributed by atoms with E-state index in [1.165, 1.54) is 0 Å². The fourth-order valence-electron chi connectivity index (χ4n) is 2.56. The number of urea groups is 1. The zero-order valence-electron chi connectivity index (χ0n) is 13.8. The first-order valence-corrected chi connectivity index (χ1v) is 8.52. The summed E-state index contributed by atoms with van der Waals surface area (Å²) in [5, 5.41) is 6.49. The average Bonchev–Trinajstić information content (AvgIpc) is 3.08. The smallest absolute Gasteiger partial charge is 0.315 e. The number of nitrogens with one attached hydrogen (secondary N) is 2. The third-order valence-corrected chi connectivity index (χ3v) is 4.17. The van der Waals surface area contributed by atoms with Crippen molar-refractivity contribution in [3.05, 3.63) is 94.8 Å². The fraction of sp³-hybridized carbons (Fsp3) is 0.150. The number of aromatic nitrogens is 1. The number of carbonyl (C=O) groups is 1. The van der Waals surface area contributed by atoms with Crippen LogP contribution in [0.4, 0.5) is 4.79 Å². The van der Waals surface area contributed by atoms with E-state index in [4.69, 9.17) is 11.6 Å². The molecular formula is C20H20ClN3O. The topological polar surface area (TPSA) is 46.1 Å². The van der Waals surface area contributed by atoms with E-state index < -0.39 is 0 Å². The van der Waals surface area contributed by atoms with Crippen molar-refractivity contribution in [2.24, 2.45) is 0 Å². The van der Waals surface area contributed by atoms with Crippen LogP contribution in [-0.2, 0) is 19.6 Å². The normalized spacial score (nSPS) is 10.4. The number of halogens is 1. The molecule has 0 spiro atoms. The minimum absolute atomic E-state index is 0.178. The summed E-state index contributed by atoms with van der Waals surface area (Å²) in [5.41, 5.74) is 3.28. The highest BCUT2D eigenvalue weighted by atomic mass is 35.5. The van der Waals surface area contributed by atoms with Gasteiger partial charge in [-0.15, -0.1) is 0 Å². The predicted molar refractivity (Wildman–Crippen MR) is 101 cm³/mol. The van der Waals surface area contributed by atoms with Crippen molar-refractivity contribution >= 4 is 17.6 Å². The summed E-state index contributed by atoms with van der Waals surface area (Å²) in [7, 11) is 0. The molecule has 0 aliphatic rings. The molecule has 0 unspecified atom stereocenters. The molecule has 128 valence electrons. The minimum Gasteiger partial charge on any atom is -0.345 e. The van der Waals surface area contributed by atoms with Crippen molar-refractivity contribution in [1.29, 1.82) is 0 Å². The highest BCUT2D eigenvalue weighted by molar-refractivity contribution is 6.30. The lowest BCUT2D eigenvalue weighted by atomic mass is 10.2. The van der Waals surface area contributed by atoms with Crippen LogP contribution < -0.4 is 10.6 Å². The van der Waals surface area contributed by atoms with Crippen molar-refractivity contribution in [3.8, 4) is 0 Å². The van der Waals surface area contributed by atoms with Crippen LogP contribution in [0.3, 0.4) is 0 Å². The molecule has 5 heteroatoms. The molecule has 0 aliphatic heterocycles. The van der Waals surface area contributed by atoms with E-state index in [-0.39, 0.29) is 6.03 Å². The molecule has 0 fully saturated rings. The van der Waals surface area contributed by atoms with Crippen LogP contribution in [0.25, 0.3) is 0 Å². The van der Waals surface area contributed by atoms with Gasteiger partial charge in [0.1, 0.15) is 0 Å².